The molecule has 0 fully saturated rings. The summed E-state index contributed by atoms with van der Waals surface area (Å²) in [6.07, 6.45) is 1.73. The number of nitro groups is 1. The molecule has 0 saturated heterocycles. The molecule has 30 heavy (non-hydrogen) atoms. The van der Waals surface area contributed by atoms with Crippen LogP contribution in [-0.4, -0.2) is 18.3 Å². The molecule has 4 rings (SSSR count). The van der Waals surface area contributed by atoms with Gasteiger partial charge in [-0.15, -0.1) is 0 Å². The number of aryl methyl sites for hydroxylation is 1. The summed E-state index contributed by atoms with van der Waals surface area (Å²) < 4.78 is 29.0. The third-order valence-electron chi connectivity index (χ3n) is 4.95. The maximum atomic E-state index is 13.1. The zero-order valence-electron chi connectivity index (χ0n) is 16.1. The number of aromatic nitrogens is 1. The highest BCUT2D eigenvalue weighted by Crippen LogP contribution is 2.32. The number of hydrogen-bond donors (Lipinski definition) is 2. The van der Waals surface area contributed by atoms with Gasteiger partial charge in [0.2, 0.25) is 10.0 Å². The molecule has 0 saturated carbocycles. The standard InChI is InChI=1S/C22H19N3O4S/c1-15-9-11-18(12-10-15)30(28,29)24-22(16-5-4-6-17(13-16)25(26)27)20-14-23-21-8-3-2-7-19(20)21/h2-14,22-24H,1H3/t22-/m0/s1. The third-order valence-corrected chi connectivity index (χ3v) is 6.39. The molecule has 1 atom stereocenters. The van der Waals surface area contributed by atoms with E-state index >= 15 is 0 Å². The number of benzene rings is 3. The van der Waals surface area contributed by atoms with Crippen molar-refractivity contribution in [3.05, 3.63) is 106 Å². The lowest BCUT2D eigenvalue weighted by Gasteiger charge is -2.19. The van der Waals surface area contributed by atoms with Gasteiger partial charge in [-0.2, -0.15) is 4.72 Å². The highest BCUT2D eigenvalue weighted by atomic mass is 32.2. The van der Waals surface area contributed by atoms with Crippen molar-refractivity contribution in [3.8, 4) is 0 Å². The van der Waals surface area contributed by atoms with Gasteiger partial charge in [-0.05, 0) is 36.2 Å². The summed E-state index contributed by atoms with van der Waals surface area (Å²) in [5.74, 6) is 0. The van der Waals surface area contributed by atoms with Gasteiger partial charge in [-0.3, -0.25) is 10.1 Å². The van der Waals surface area contributed by atoms with E-state index in [1.54, 1.807) is 30.5 Å². The van der Waals surface area contributed by atoms with Crippen LogP contribution in [0.15, 0.2) is 83.9 Å². The topological polar surface area (TPSA) is 105 Å². The van der Waals surface area contributed by atoms with Gasteiger partial charge in [0, 0.05) is 29.2 Å². The van der Waals surface area contributed by atoms with Crippen LogP contribution in [0.3, 0.4) is 0 Å². The first-order valence-corrected chi connectivity index (χ1v) is 10.7. The summed E-state index contributed by atoms with van der Waals surface area (Å²) in [6.45, 7) is 1.88. The Balaban J connectivity index is 1.85. The van der Waals surface area contributed by atoms with Crippen LogP contribution < -0.4 is 4.72 Å². The summed E-state index contributed by atoms with van der Waals surface area (Å²) in [6, 6.07) is 19.2. The molecule has 1 aromatic heterocycles. The van der Waals surface area contributed by atoms with Crippen molar-refractivity contribution in [2.45, 2.75) is 17.9 Å². The van der Waals surface area contributed by atoms with Gasteiger partial charge in [0.05, 0.1) is 15.9 Å². The monoisotopic (exact) mass is 421 g/mol. The molecule has 0 aliphatic rings. The second kappa shape index (κ2) is 7.74. The number of hydrogen-bond acceptors (Lipinski definition) is 4. The van der Waals surface area contributed by atoms with E-state index in [1.165, 1.54) is 24.3 Å². The predicted octanol–water partition coefficient (Wildman–Crippen LogP) is 4.45. The quantitative estimate of drug-likeness (QED) is 0.354. The summed E-state index contributed by atoms with van der Waals surface area (Å²) in [4.78, 5) is 14.0. The molecule has 0 radical (unpaired) electrons. The van der Waals surface area contributed by atoms with Gasteiger partial charge in [0.15, 0.2) is 0 Å². The fourth-order valence-corrected chi connectivity index (χ4v) is 4.61. The van der Waals surface area contributed by atoms with Crippen molar-refractivity contribution >= 4 is 26.6 Å². The van der Waals surface area contributed by atoms with Crippen LogP contribution in [0, 0.1) is 17.0 Å². The van der Waals surface area contributed by atoms with Crippen LogP contribution in [0.25, 0.3) is 10.9 Å². The van der Waals surface area contributed by atoms with Gasteiger partial charge in [0.25, 0.3) is 5.69 Å². The van der Waals surface area contributed by atoms with Crippen LogP contribution in [0.4, 0.5) is 5.69 Å². The zero-order chi connectivity index (χ0) is 21.3. The smallest absolute Gasteiger partial charge is 0.269 e. The first-order valence-electron chi connectivity index (χ1n) is 9.24. The molecule has 7 nitrogen and oxygen atoms in total. The van der Waals surface area contributed by atoms with Crippen molar-refractivity contribution in [2.75, 3.05) is 0 Å². The predicted molar refractivity (Wildman–Crippen MR) is 115 cm³/mol. The highest BCUT2D eigenvalue weighted by molar-refractivity contribution is 7.89. The molecular formula is C22H19N3O4S. The number of non-ortho nitro benzene ring substituents is 1. The third kappa shape index (κ3) is 3.83. The first kappa shape index (κ1) is 19.8. The van der Waals surface area contributed by atoms with Crippen molar-refractivity contribution in [1.82, 2.24) is 9.71 Å². The van der Waals surface area contributed by atoms with E-state index in [1.807, 2.05) is 31.2 Å². The molecule has 4 aromatic rings. The van der Waals surface area contributed by atoms with E-state index in [4.69, 9.17) is 0 Å². The molecule has 152 valence electrons. The van der Waals surface area contributed by atoms with Gasteiger partial charge < -0.3 is 4.98 Å². The molecule has 0 bridgehead atoms. The molecule has 8 heteroatoms. The number of sulfonamides is 1. The van der Waals surface area contributed by atoms with Crippen LogP contribution in [0.2, 0.25) is 0 Å². The second-order valence-corrected chi connectivity index (χ2v) is 8.72. The van der Waals surface area contributed by atoms with Gasteiger partial charge >= 0.3 is 0 Å². The number of para-hydroxylation sites is 1. The van der Waals surface area contributed by atoms with Crippen LogP contribution in [0.1, 0.15) is 22.7 Å². The van der Waals surface area contributed by atoms with Gasteiger partial charge in [-0.25, -0.2) is 8.42 Å². The lowest BCUT2D eigenvalue weighted by molar-refractivity contribution is -0.384. The molecule has 0 aliphatic heterocycles. The molecule has 0 unspecified atom stereocenters. The highest BCUT2D eigenvalue weighted by Gasteiger charge is 2.26. The summed E-state index contributed by atoms with van der Waals surface area (Å²) >= 11 is 0. The normalized spacial score (nSPS) is 12.7. The maximum absolute atomic E-state index is 13.1. The Bertz CT molecular complexity index is 1330. The van der Waals surface area contributed by atoms with Crippen molar-refractivity contribution in [1.29, 1.82) is 0 Å². The van der Waals surface area contributed by atoms with E-state index in [2.05, 4.69) is 9.71 Å². The van der Waals surface area contributed by atoms with E-state index < -0.39 is 21.0 Å². The summed E-state index contributed by atoms with van der Waals surface area (Å²) in [7, 11) is -3.89. The number of nitrogens with zero attached hydrogens (tertiary/aromatic N) is 1. The van der Waals surface area contributed by atoms with E-state index in [0.717, 1.165) is 16.5 Å². The van der Waals surface area contributed by atoms with Gasteiger partial charge in [-0.1, -0.05) is 48.0 Å². The second-order valence-electron chi connectivity index (χ2n) is 7.01. The van der Waals surface area contributed by atoms with E-state index in [9.17, 15) is 18.5 Å². The van der Waals surface area contributed by atoms with Crippen molar-refractivity contribution in [3.63, 3.8) is 0 Å². The number of nitrogens with one attached hydrogen (secondary N) is 2. The maximum Gasteiger partial charge on any atom is 0.269 e. The number of aromatic amines is 1. The van der Waals surface area contributed by atoms with Crippen LogP contribution in [-0.2, 0) is 10.0 Å². The minimum atomic E-state index is -3.89. The fourth-order valence-electron chi connectivity index (χ4n) is 3.40. The minimum absolute atomic E-state index is 0.105. The molecule has 0 spiro atoms. The molecule has 0 amide bonds. The Morgan fingerprint density at radius 2 is 1.73 bits per heavy atom. The Hall–Kier alpha value is -3.49. The molecular weight excluding hydrogens is 402 g/mol. The van der Waals surface area contributed by atoms with Crippen LogP contribution in [0.5, 0.6) is 0 Å². The van der Waals surface area contributed by atoms with E-state index in [-0.39, 0.29) is 10.6 Å². The molecule has 1 heterocycles. The number of fused-ring (bicyclic) bond motifs is 1. The Labute approximate surface area is 173 Å². The molecule has 3 aromatic carbocycles. The van der Waals surface area contributed by atoms with Crippen LogP contribution >= 0.6 is 0 Å². The van der Waals surface area contributed by atoms with Crippen molar-refractivity contribution < 1.29 is 13.3 Å². The Morgan fingerprint density at radius 3 is 2.47 bits per heavy atom. The lowest BCUT2D eigenvalue weighted by Crippen LogP contribution is -2.29. The fraction of sp³-hybridized carbons (Fsp3) is 0.0909. The molecule has 0 aliphatic carbocycles. The minimum Gasteiger partial charge on any atom is -0.361 e. The zero-order valence-corrected chi connectivity index (χ0v) is 16.9. The summed E-state index contributed by atoms with van der Waals surface area (Å²) in [5, 5.41) is 12.1. The van der Waals surface area contributed by atoms with Gasteiger partial charge in [0.1, 0.15) is 0 Å². The first-order chi connectivity index (χ1) is 14.3. The summed E-state index contributed by atoms with van der Waals surface area (Å²) in [5.41, 5.74) is 2.84. The Morgan fingerprint density at radius 1 is 1.00 bits per heavy atom. The number of rotatable bonds is 6. The average Bonchev–Trinajstić information content (AvgIpc) is 3.16. The van der Waals surface area contributed by atoms with E-state index in [0.29, 0.717) is 11.1 Å². The average molecular weight is 421 g/mol. The largest absolute Gasteiger partial charge is 0.361 e. The lowest BCUT2D eigenvalue weighted by atomic mass is 9.99. The number of H-pyrrole nitrogens is 1. The molecule has 2 N–H and O–H groups in total. The number of nitro benzene ring substituents is 1. The van der Waals surface area contributed by atoms with Crippen molar-refractivity contribution in [2.24, 2.45) is 0 Å². The SMILES string of the molecule is Cc1ccc(S(=O)(=O)N[C@@H](c2cccc([N+](=O)[O-])c2)c2c[nH]c3ccccc23)cc1. The Kier molecular flexibility index (Phi) is 5.11.